The Balaban J connectivity index is 0.000000250. The van der Waals surface area contributed by atoms with Crippen molar-refractivity contribution in [2.45, 2.75) is 162 Å². The highest BCUT2D eigenvalue weighted by molar-refractivity contribution is 5.87. The molecule has 4 saturated heterocycles. The van der Waals surface area contributed by atoms with Gasteiger partial charge in [0, 0.05) is 25.2 Å². The van der Waals surface area contributed by atoms with E-state index < -0.39 is 106 Å². The number of halogens is 4. The Morgan fingerprint density at radius 2 is 1.03 bits per heavy atom. The number of ether oxygens (including phenoxy) is 5. The van der Waals surface area contributed by atoms with Crippen LogP contribution in [0.5, 0.6) is 11.5 Å². The largest absolute Gasteiger partial charge is 0.486 e. The maximum Gasteiger partial charge on any atom is 0.410 e. The maximum atomic E-state index is 14.1. The van der Waals surface area contributed by atoms with Crippen LogP contribution >= 0.6 is 0 Å². The van der Waals surface area contributed by atoms with Crippen LogP contribution in [0, 0.1) is 34.1 Å². The van der Waals surface area contributed by atoms with Crippen molar-refractivity contribution in [1.82, 2.24) is 24.9 Å². The number of rotatable bonds is 9. The van der Waals surface area contributed by atoms with Crippen molar-refractivity contribution in [3.63, 3.8) is 0 Å². The highest BCUT2D eigenvalue weighted by atomic mass is 19.2. The normalized spacial score (nSPS) is 22.4. The third kappa shape index (κ3) is 13.9. The van der Waals surface area contributed by atoms with Crippen molar-refractivity contribution in [2.75, 3.05) is 26.2 Å². The number of nitrogens with zero attached hydrogens (tertiary/aromatic N) is 4. The van der Waals surface area contributed by atoms with E-state index in [-0.39, 0.29) is 49.1 Å². The van der Waals surface area contributed by atoms with Gasteiger partial charge in [0.05, 0.1) is 43.3 Å². The Bertz CT molecular complexity index is 2510. The molecule has 0 aromatic heterocycles. The number of amides is 5. The summed E-state index contributed by atoms with van der Waals surface area (Å²) in [6.45, 7) is 22.7. The van der Waals surface area contributed by atoms with Crippen molar-refractivity contribution < 1.29 is 65.2 Å². The Kier molecular flexibility index (Phi) is 17.1. The third-order valence-corrected chi connectivity index (χ3v) is 13.1. The number of carbonyl (C=O) groups is 5. The zero-order chi connectivity index (χ0) is 54.8. The van der Waals surface area contributed by atoms with Gasteiger partial charge in [0.25, 0.3) is 0 Å². The van der Waals surface area contributed by atoms with E-state index >= 15 is 0 Å². The molecular formula is C54H72F4N6O10. The second-order valence-corrected chi connectivity index (χ2v) is 23.3. The summed E-state index contributed by atoms with van der Waals surface area (Å²) in [5, 5.41) is 2.74. The number of carbonyl (C=O) groups excluding carboxylic acids is 5. The van der Waals surface area contributed by atoms with E-state index in [2.05, 4.69) is 5.32 Å². The lowest BCUT2D eigenvalue weighted by molar-refractivity contribution is -0.138. The van der Waals surface area contributed by atoms with Crippen LogP contribution in [0.4, 0.5) is 31.9 Å². The van der Waals surface area contributed by atoms with Gasteiger partial charge in [-0.3, -0.25) is 19.4 Å². The topological polar surface area (TPSA) is 183 Å². The van der Waals surface area contributed by atoms with Crippen molar-refractivity contribution in [2.24, 2.45) is 16.6 Å². The smallest absolute Gasteiger partial charge is 0.410 e. The molecule has 0 aliphatic carbocycles. The first-order chi connectivity index (χ1) is 34.3. The summed E-state index contributed by atoms with van der Waals surface area (Å²) >= 11 is 0. The molecule has 4 aliphatic rings. The molecule has 0 spiro atoms. The minimum atomic E-state index is -1.07. The minimum Gasteiger partial charge on any atom is -0.486 e. The fraction of sp³-hybridized carbons (Fsp3) is 0.574. The number of nitrogens with one attached hydrogen (secondary N) is 1. The zero-order valence-corrected chi connectivity index (χ0v) is 44.4. The fourth-order valence-corrected chi connectivity index (χ4v) is 9.53. The lowest BCUT2D eigenvalue weighted by Gasteiger charge is -2.36. The Morgan fingerprint density at radius 1 is 0.595 bits per heavy atom. The SMILES string of the molecule is CC(C)(C)OC(=O)N1C[C@H](Oc2ccc(F)c(F)c2)[C@@H]2[C@H]1CCN2C(=O)[C@@H](N)C(C)(C)C.CC(C)(C)OC(=O)N1C[C@H](Oc2ccc(F)c(F)c2)[C@@H]2[C@H]1CCN2C(=O)[C@@H](NC(=O)OCc1ccccc1)C(C)(C)C. The monoisotopic (exact) mass is 1040 g/mol. The van der Waals surface area contributed by atoms with E-state index in [4.69, 9.17) is 29.4 Å². The van der Waals surface area contributed by atoms with Crippen LogP contribution < -0.4 is 20.5 Å². The van der Waals surface area contributed by atoms with Gasteiger partial charge in [0.15, 0.2) is 23.3 Å². The summed E-state index contributed by atoms with van der Waals surface area (Å²) in [6, 6.07) is 12.1. The van der Waals surface area contributed by atoms with Gasteiger partial charge in [-0.1, -0.05) is 71.9 Å². The van der Waals surface area contributed by atoms with Crippen LogP contribution in [0.25, 0.3) is 0 Å². The van der Waals surface area contributed by atoms with E-state index in [1.165, 1.54) is 17.0 Å². The van der Waals surface area contributed by atoms with Crippen molar-refractivity contribution >= 4 is 30.1 Å². The Morgan fingerprint density at radius 3 is 1.42 bits per heavy atom. The molecule has 4 fully saturated rings. The zero-order valence-electron chi connectivity index (χ0n) is 44.4. The number of nitrogens with two attached hydrogens (primary N) is 1. The fourth-order valence-electron chi connectivity index (χ4n) is 9.53. The first-order valence-electron chi connectivity index (χ1n) is 24.9. The number of hydrogen-bond acceptors (Lipinski definition) is 11. The first-order valence-corrected chi connectivity index (χ1v) is 24.9. The molecule has 3 N–H and O–H groups in total. The summed E-state index contributed by atoms with van der Waals surface area (Å²) < 4.78 is 83.3. The van der Waals surface area contributed by atoms with Crippen LogP contribution in [0.1, 0.15) is 101 Å². The molecule has 4 heterocycles. The van der Waals surface area contributed by atoms with Gasteiger partial charge in [-0.25, -0.2) is 31.9 Å². The Labute approximate surface area is 431 Å². The molecule has 74 heavy (non-hydrogen) atoms. The number of alkyl carbamates (subject to hydrolysis) is 1. The van der Waals surface area contributed by atoms with Gasteiger partial charge in [-0.2, -0.15) is 0 Å². The molecule has 8 atom stereocenters. The highest BCUT2D eigenvalue weighted by Crippen LogP contribution is 2.39. The van der Waals surface area contributed by atoms with Gasteiger partial charge < -0.3 is 44.5 Å². The van der Waals surface area contributed by atoms with E-state index in [9.17, 15) is 41.5 Å². The van der Waals surface area contributed by atoms with Crippen molar-refractivity contribution in [3.05, 3.63) is 95.6 Å². The van der Waals surface area contributed by atoms with Gasteiger partial charge >= 0.3 is 18.3 Å². The second-order valence-electron chi connectivity index (χ2n) is 23.3. The lowest BCUT2D eigenvalue weighted by Crippen LogP contribution is -2.58. The molecular weight excluding hydrogens is 969 g/mol. The number of hydrogen-bond donors (Lipinski definition) is 2. The molecule has 0 radical (unpaired) electrons. The Hall–Kier alpha value is -6.31. The summed E-state index contributed by atoms with van der Waals surface area (Å²) in [5.41, 5.74) is 4.47. The molecule has 0 bridgehead atoms. The van der Waals surface area contributed by atoms with E-state index in [1.54, 1.807) is 56.2 Å². The molecule has 0 saturated carbocycles. The quantitative estimate of drug-likeness (QED) is 0.155. The molecule has 5 amide bonds. The van der Waals surface area contributed by atoms with Crippen LogP contribution in [-0.4, -0.2) is 136 Å². The summed E-state index contributed by atoms with van der Waals surface area (Å²) in [6.07, 6.45) is -2.21. The number of likely N-dealkylation sites (tertiary alicyclic amines) is 4. The predicted octanol–water partition coefficient (Wildman–Crippen LogP) is 8.58. The lowest BCUT2D eigenvalue weighted by atomic mass is 9.85. The summed E-state index contributed by atoms with van der Waals surface area (Å²) in [7, 11) is 0. The van der Waals surface area contributed by atoms with Gasteiger partial charge in [-0.05, 0) is 95.0 Å². The van der Waals surface area contributed by atoms with E-state index in [1.807, 2.05) is 71.9 Å². The van der Waals surface area contributed by atoms with Crippen LogP contribution in [0.3, 0.4) is 0 Å². The molecule has 4 aliphatic heterocycles. The van der Waals surface area contributed by atoms with Gasteiger partial charge in [-0.15, -0.1) is 0 Å². The molecule has 406 valence electrons. The van der Waals surface area contributed by atoms with Crippen molar-refractivity contribution in [1.29, 1.82) is 0 Å². The first kappa shape index (κ1) is 57.0. The molecule has 7 rings (SSSR count). The van der Waals surface area contributed by atoms with Gasteiger partial charge in [0.2, 0.25) is 11.8 Å². The third-order valence-electron chi connectivity index (χ3n) is 13.1. The number of benzene rings is 3. The number of fused-ring (bicyclic) bond motifs is 2. The van der Waals surface area contributed by atoms with Crippen LogP contribution in [-0.2, 0) is 30.4 Å². The van der Waals surface area contributed by atoms with E-state index in [0.717, 1.165) is 29.8 Å². The van der Waals surface area contributed by atoms with Crippen LogP contribution in [0.15, 0.2) is 66.7 Å². The standard InChI is InChI=1S/C31H39F2N3O6.C23H33F2N3O4/c1-30(2,3)26(34-28(38)40-18-19-10-8-7-9-11-19)27(37)35-15-14-23-25(35)24(17-36(23)29(39)42-31(4,5)6)41-20-12-13-21(32)22(33)16-20;1-22(2,3)19(26)20(29)27-10-9-16-18(27)17(12-28(16)21(30)32-23(4,5)6)31-13-7-8-14(24)15(25)11-13/h7-13,16,23-26H,14-15,17-18H2,1-6H3,(H,34,38);7-8,11,16-19H,9-10,12,26H2,1-6H3/t23-,24+,25+,26-;16-,17+,18+,19-/m11/s1. The average Bonchev–Trinajstić information content (AvgIpc) is 4.08. The van der Waals surface area contributed by atoms with E-state index in [0.29, 0.717) is 25.9 Å². The highest BCUT2D eigenvalue weighted by Gasteiger charge is 2.57. The molecule has 16 nitrogen and oxygen atoms in total. The second kappa shape index (κ2) is 22.3. The minimum absolute atomic E-state index is 0.0428. The summed E-state index contributed by atoms with van der Waals surface area (Å²) in [5.74, 6) is -4.50. The molecule has 3 aromatic carbocycles. The maximum absolute atomic E-state index is 14.1. The molecule has 3 aromatic rings. The van der Waals surface area contributed by atoms with Crippen molar-refractivity contribution in [3.8, 4) is 11.5 Å². The van der Waals surface area contributed by atoms with Crippen LogP contribution in [0.2, 0.25) is 0 Å². The predicted molar refractivity (Wildman–Crippen MR) is 266 cm³/mol. The van der Waals surface area contributed by atoms with Gasteiger partial charge in [0.1, 0.15) is 47.6 Å². The summed E-state index contributed by atoms with van der Waals surface area (Å²) in [4.78, 5) is 72.5. The molecule has 20 heteroatoms. The molecule has 0 unspecified atom stereocenters. The average molecular weight is 1040 g/mol.